The Labute approximate surface area is 212 Å². The average molecular weight is 508 g/mol. The second-order valence-electron chi connectivity index (χ2n) is 8.62. The molecule has 1 aromatic carbocycles. The van der Waals surface area contributed by atoms with E-state index in [2.05, 4.69) is 30.6 Å². The Morgan fingerprint density at radius 3 is 2.78 bits per heavy atom. The summed E-state index contributed by atoms with van der Waals surface area (Å²) in [4.78, 5) is 22.0. The molecule has 3 N–H and O–H groups in total. The number of halogens is 1. The van der Waals surface area contributed by atoms with Crippen molar-refractivity contribution in [3.05, 3.63) is 77.5 Å². The van der Waals surface area contributed by atoms with Crippen LogP contribution in [0.3, 0.4) is 0 Å². The number of rotatable bonds is 8. The third-order valence-electron chi connectivity index (χ3n) is 6.14. The molecule has 0 radical (unpaired) electrons. The first-order chi connectivity index (χ1) is 17.5. The van der Waals surface area contributed by atoms with Crippen LogP contribution >= 0.6 is 11.6 Å². The van der Waals surface area contributed by atoms with Crippen molar-refractivity contribution in [2.45, 2.75) is 32.0 Å². The maximum absolute atomic E-state index is 10.9. The standard InChI is InChI=1S/C25H26ClN7O3/c26-21-13-19(4-5-22(21)36-15-20-3-1-2-9-27-20)30-24-23-17(6-12-33(23)29-16-28-24)14-32-10-7-18(8-11-32)31-25(34)35/h1-6,9,12-13,16,18,31H,7-8,10-11,14-15H2,(H,34,35)(H,28,29,30). The molecule has 1 amide bonds. The van der Waals surface area contributed by atoms with Crippen molar-refractivity contribution < 1.29 is 14.6 Å². The SMILES string of the molecule is O=C(O)NC1CCN(Cc2ccn3ncnc(Nc4ccc(OCc5ccccn5)c(Cl)c4)c23)CC1. The summed E-state index contributed by atoms with van der Waals surface area (Å²) in [5, 5.41) is 19.7. The highest BCUT2D eigenvalue weighted by Gasteiger charge is 2.22. The minimum atomic E-state index is -0.965. The minimum Gasteiger partial charge on any atom is -0.486 e. The van der Waals surface area contributed by atoms with Gasteiger partial charge in [-0.05, 0) is 54.8 Å². The first kappa shape index (κ1) is 23.8. The summed E-state index contributed by atoms with van der Waals surface area (Å²) in [6.45, 7) is 2.68. The first-order valence-electron chi connectivity index (χ1n) is 11.7. The summed E-state index contributed by atoms with van der Waals surface area (Å²) in [5.74, 6) is 1.25. The smallest absolute Gasteiger partial charge is 0.404 e. The number of likely N-dealkylation sites (tertiary alicyclic amines) is 1. The molecule has 11 heteroatoms. The van der Waals surface area contributed by atoms with Gasteiger partial charge in [0.25, 0.3) is 0 Å². The molecule has 3 aromatic heterocycles. The fourth-order valence-corrected chi connectivity index (χ4v) is 4.59. The zero-order valence-electron chi connectivity index (χ0n) is 19.5. The average Bonchev–Trinajstić information content (AvgIpc) is 3.29. The lowest BCUT2D eigenvalue weighted by Gasteiger charge is -2.31. The Morgan fingerprint density at radius 1 is 1.17 bits per heavy atom. The maximum Gasteiger partial charge on any atom is 0.404 e. The highest BCUT2D eigenvalue weighted by atomic mass is 35.5. The van der Waals surface area contributed by atoms with E-state index in [-0.39, 0.29) is 6.04 Å². The number of benzene rings is 1. The molecule has 4 aromatic rings. The number of nitrogens with zero attached hydrogens (tertiary/aromatic N) is 5. The number of fused-ring (bicyclic) bond motifs is 1. The van der Waals surface area contributed by atoms with Crippen LogP contribution in [0.4, 0.5) is 16.3 Å². The van der Waals surface area contributed by atoms with Gasteiger partial charge in [0.15, 0.2) is 5.82 Å². The molecule has 0 spiro atoms. The number of hydrogen-bond acceptors (Lipinski definition) is 7. The van der Waals surface area contributed by atoms with Crippen molar-refractivity contribution >= 4 is 34.7 Å². The number of ether oxygens (including phenoxy) is 1. The fraction of sp³-hybridized carbons (Fsp3) is 0.280. The number of nitrogens with one attached hydrogen (secondary N) is 2. The number of hydrogen-bond donors (Lipinski definition) is 3. The molecule has 1 saturated heterocycles. The van der Waals surface area contributed by atoms with Crippen molar-refractivity contribution in [1.82, 2.24) is 29.8 Å². The molecule has 1 aliphatic rings. The van der Waals surface area contributed by atoms with Crippen LogP contribution < -0.4 is 15.4 Å². The normalized spacial score (nSPS) is 14.6. The molecule has 5 rings (SSSR count). The summed E-state index contributed by atoms with van der Waals surface area (Å²) in [5.41, 5.74) is 3.57. The molecule has 0 bridgehead atoms. The lowest BCUT2D eigenvalue weighted by atomic mass is 10.0. The topological polar surface area (TPSA) is 117 Å². The minimum absolute atomic E-state index is 0.00532. The van der Waals surface area contributed by atoms with Gasteiger partial charge in [-0.3, -0.25) is 9.88 Å². The van der Waals surface area contributed by atoms with Gasteiger partial charge >= 0.3 is 6.09 Å². The van der Waals surface area contributed by atoms with E-state index in [1.165, 1.54) is 6.33 Å². The molecule has 10 nitrogen and oxygen atoms in total. The Kier molecular flexibility index (Phi) is 7.15. The van der Waals surface area contributed by atoms with Crippen LogP contribution in [0.25, 0.3) is 5.52 Å². The highest BCUT2D eigenvalue weighted by molar-refractivity contribution is 6.32. The van der Waals surface area contributed by atoms with E-state index < -0.39 is 6.09 Å². The molecule has 4 heterocycles. The summed E-state index contributed by atoms with van der Waals surface area (Å²) in [6.07, 6.45) is 5.75. The molecule has 0 saturated carbocycles. The van der Waals surface area contributed by atoms with E-state index in [1.54, 1.807) is 16.8 Å². The summed E-state index contributed by atoms with van der Waals surface area (Å²) in [6, 6.07) is 13.2. The van der Waals surface area contributed by atoms with Gasteiger partial charge < -0.3 is 20.5 Å². The number of amides is 1. The molecule has 1 aliphatic heterocycles. The van der Waals surface area contributed by atoms with Crippen molar-refractivity contribution in [3.63, 3.8) is 0 Å². The molecule has 1 fully saturated rings. The van der Waals surface area contributed by atoms with Crippen molar-refractivity contribution in [2.24, 2.45) is 0 Å². The number of pyridine rings is 1. The number of carboxylic acid groups (broad SMARTS) is 1. The van der Waals surface area contributed by atoms with Crippen molar-refractivity contribution in [2.75, 3.05) is 18.4 Å². The predicted molar refractivity (Wildman–Crippen MR) is 136 cm³/mol. The van der Waals surface area contributed by atoms with Crippen LogP contribution in [-0.4, -0.2) is 54.8 Å². The quantitative estimate of drug-likeness (QED) is 0.322. The van der Waals surface area contributed by atoms with Crippen molar-refractivity contribution in [3.8, 4) is 5.75 Å². The van der Waals surface area contributed by atoms with E-state index in [4.69, 9.17) is 21.4 Å². The maximum atomic E-state index is 10.9. The van der Waals surface area contributed by atoms with Crippen LogP contribution in [0.15, 0.2) is 61.2 Å². The number of piperidine rings is 1. The monoisotopic (exact) mass is 507 g/mol. The van der Waals surface area contributed by atoms with E-state index >= 15 is 0 Å². The van der Waals surface area contributed by atoms with Gasteiger partial charge in [-0.15, -0.1) is 0 Å². The van der Waals surface area contributed by atoms with E-state index in [0.717, 1.165) is 54.9 Å². The third-order valence-corrected chi connectivity index (χ3v) is 6.44. The van der Waals surface area contributed by atoms with E-state index in [9.17, 15) is 4.79 Å². The van der Waals surface area contributed by atoms with Gasteiger partial charge in [0.1, 0.15) is 24.2 Å². The number of anilines is 2. The third kappa shape index (κ3) is 5.67. The largest absolute Gasteiger partial charge is 0.486 e. The predicted octanol–water partition coefficient (Wildman–Crippen LogP) is 4.33. The van der Waals surface area contributed by atoms with Gasteiger partial charge in [0, 0.05) is 43.8 Å². The zero-order chi connectivity index (χ0) is 24.9. The zero-order valence-corrected chi connectivity index (χ0v) is 20.2. The molecule has 0 aliphatic carbocycles. The second-order valence-corrected chi connectivity index (χ2v) is 9.03. The molecule has 0 unspecified atom stereocenters. The van der Waals surface area contributed by atoms with Gasteiger partial charge in [0.2, 0.25) is 0 Å². The molecular weight excluding hydrogens is 482 g/mol. The van der Waals surface area contributed by atoms with Gasteiger partial charge in [0.05, 0.1) is 10.7 Å². The molecule has 186 valence electrons. The Bertz CT molecular complexity index is 1340. The van der Waals surface area contributed by atoms with Gasteiger partial charge in [-0.1, -0.05) is 17.7 Å². The second kappa shape index (κ2) is 10.8. The van der Waals surface area contributed by atoms with Crippen LogP contribution in [0, 0.1) is 0 Å². The Hall–Kier alpha value is -3.89. The van der Waals surface area contributed by atoms with Crippen LogP contribution in [-0.2, 0) is 13.2 Å². The summed E-state index contributed by atoms with van der Waals surface area (Å²) >= 11 is 6.49. The Balaban J connectivity index is 1.28. The van der Waals surface area contributed by atoms with Crippen LogP contribution in [0.2, 0.25) is 5.02 Å². The summed E-state index contributed by atoms with van der Waals surface area (Å²) in [7, 11) is 0. The van der Waals surface area contributed by atoms with Gasteiger partial charge in [-0.2, -0.15) is 5.10 Å². The first-order valence-corrected chi connectivity index (χ1v) is 12.1. The lowest BCUT2D eigenvalue weighted by Crippen LogP contribution is -2.43. The lowest BCUT2D eigenvalue weighted by molar-refractivity contribution is 0.165. The van der Waals surface area contributed by atoms with Crippen LogP contribution in [0.1, 0.15) is 24.1 Å². The molecular formula is C25H26ClN7O3. The number of carbonyl (C=O) groups is 1. The Morgan fingerprint density at radius 2 is 2.03 bits per heavy atom. The van der Waals surface area contributed by atoms with Crippen molar-refractivity contribution in [1.29, 1.82) is 0 Å². The summed E-state index contributed by atoms with van der Waals surface area (Å²) < 4.78 is 7.62. The number of aromatic nitrogens is 4. The van der Waals surface area contributed by atoms with Crippen LogP contribution in [0.5, 0.6) is 5.75 Å². The van der Waals surface area contributed by atoms with E-state index in [1.807, 2.05) is 42.6 Å². The van der Waals surface area contributed by atoms with Gasteiger partial charge in [-0.25, -0.2) is 14.3 Å². The molecule has 36 heavy (non-hydrogen) atoms. The highest BCUT2D eigenvalue weighted by Crippen LogP contribution is 2.31. The fourth-order valence-electron chi connectivity index (χ4n) is 4.36. The molecule has 0 atom stereocenters. The van der Waals surface area contributed by atoms with E-state index in [0.29, 0.717) is 23.2 Å².